The highest BCUT2D eigenvalue weighted by molar-refractivity contribution is 7.88. The fourth-order valence-electron chi connectivity index (χ4n) is 3.03. The Labute approximate surface area is 140 Å². The number of hydrogen-bond donors (Lipinski definition) is 0. The lowest BCUT2D eigenvalue weighted by Crippen LogP contribution is -2.28. The molecule has 25 heavy (non-hydrogen) atoms. The molecular formula is C15H12F4N2O3S. The van der Waals surface area contributed by atoms with Crippen LogP contribution in [0.2, 0.25) is 0 Å². The van der Waals surface area contributed by atoms with E-state index in [0.717, 1.165) is 36.4 Å². The SMILES string of the molecule is O=S(=O)(Oc1cc2c(cc1F)CCc1c(C3CC3)ncn1-2)C(F)(F)F. The quantitative estimate of drug-likeness (QED) is 0.469. The zero-order chi connectivity index (χ0) is 18.0. The molecule has 0 radical (unpaired) electrons. The highest BCUT2D eigenvalue weighted by atomic mass is 32.2. The van der Waals surface area contributed by atoms with Crippen LogP contribution in [0.25, 0.3) is 5.69 Å². The van der Waals surface area contributed by atoms with Gasteiger partial charge in [0.1, 0.15) is 0 Å². The first-order valence-electron chi connectivity index (χ1n) is 7.57. The number of rotatable bonds is 3. The van der Waals surface area contributed by atoms with Gasteiger partial charge in [0.25, 0.3) is 0 Å². The van der Waals surface area contributed by atoms with E-state index in [2.05, 4.69) is 9.17 Å². The van der Waals surface area contributed by atoms with E-state index in [1.807, 2.05) is 0 Å². The standard InChI is InChI=1S/C15H12F4N2O3S/c16-10-5-9-3-4-11-14(8-1-2-8)20-7-21(11)12(9)6-13(10)24-25(22,23)15(17,18)19/h5-8H,1-4H2. The van der Waals surface area contributed by atoms with Crippen molar-refractivity contribution >= 4 is 10.1 Å². The summed E-state index contributed by atoms with van der Waals surface area (Å²) < 4.78 is 79.4. The molecule has 134 valence electrons. The maximum Gasteiger partial charge on any atom is 0.534 e. The fraction of sp³-hybridized carbons (Fsp3) is 0.400. The lowest BCUT2D eigenvalue weighted by molar-refractivity contribution is -0.0500. The predicted octanol–water partition coefficient (Wildman–Crippen LogP) is 3.22. The molecule has 0 bridgehead atoms. The molecule has 2 aromatic rings. The van der Waals surface area contributed by atoms with Gasteiger partial charge in [-0.1, -0.05) is 0 Å². The molecule has 0 spiro atoms. The van der Waals surface area contributed by atoms with Gasteiger partial charge in [-0.25, -0.2) is 9.37 Å². The van der Waals surface area contributed by atoms with Gasteiger partial charge in [0.2, 0.25) is 0 Å². The van der Waals surface area contributed by atoms with Crippen LogP contribution in [0.4, 0.5) is 17.6 Å². The summed E-state index contributed by atoms with van der Waals surface area (Å²) in [4.78, 5) is 4.35. The number of imidazole rings is 1. The van der Waals surface area contributed by atoms with Crippen LogP contribution in [0.3, 0.4) is 0 Å². The summed E-state index contributed by atoms with van der Waals surface area (Å²) in [5, 5.41) is 0. The summed E-state index contributed by atoms with van der Waals surface area (Å²) in [5.41, 5.74) is -2.82. The number of fused-ring (bicyclic) bond motifs is 3. The third-order valence-electron chi connectivity index (χ3n) is 4.37. The zero-order valence-corrected chi connectivity index (χ0v) is 13.5. The summed E-state index contributed by atoms with van der Waals surface area (Å²) in [5.74, 6) is -1.75. The maximum atomic E-state index is 14.0. The first kappa shape index (κ1) is 16.4. The summed E-state index contributed by atoms with van der Waals surface area (Å²) in [7, 11) is -5.94. The van der Waals surface area contributed by atoms with E-state index < -0.39 is 27.2 Å². The molecule has 0 atom stereocenters. The number of alkyl halides is 3. The average Bonchev–Trinajstić information content (AvgIpc) is 3.26. The second-order valence-electron chi connectivity index (χ2n) is 6.12. The Kier molecular flexibility index (Phi) is 3.40. The molecule has 1 aromatic heterocycles. The molecule has 0 saturated heterocycles. The van der Waals surface area contributed by atoms with E-state index in [-0.39, 0.29) is 0 Å². The van der Waals surface area contributed by atoms with Crippen molar-refractivity contribution in [2.45, 2.75) is 37.1 Å². The van der Waals surface area contributed by atoms with E-state index in [0.29, 0.717) is 30.0 Å². The number of halogens is 4. The minimum absolute atomic E-state index is 0.384. The first-order chi connectivity index (χ1) is 11.7. The normalized spacial score (nSPS) is 17.1. The number of aryl methyl sites for hydroxylation is 1. The molecule has 0 unspecified atom stereocenters. The maximum absolute atomic E-state index is 14.0. The van der Waals surface area contributed by atoms with Crippen LogP contribution in [0.15, 0.2) is 18.5 Å². The van der Waals surface area contributed by atoms with Gasteiger partial charge in [-0.05, 0) is 37.3 Å². The Bertz CT molecular complexity index is 962. The van der Waals surface area contributed by atoms with Crippen molar-refractivity contribution in [3.8, 4) is 11.4 Å². The summed E-state index contributed by atoms with van der Waals surface area (Å²) in [6.45, 7) is 0. The van der Waals surface area contributed by atoms with Gasteiger partial charge in [0.15, 0.2) is 11.6 Å². The van der Waals surface area contributed by atoms with Crippen molar-refractivity contribution < 1.29 is 30.2 Å². The van der Waals surface area contributed by atoms with Crippen molar-refractivity contribution in [2.24, 2.45) is 0 Å². The van der Waals surface area contributed by atoms with E-state index >= 15 is 0 Å². The Morgan fingerprint density at radius 1 is 1.20 bits per heavy atom. The predicted molar refractivity (Wildman–Crippen MR) is 78.5 cm³/mol. The van der Waals surface area contributed by atoms with E-state index in [4.69, 9.17) is 0 Å². The topological polar surface area (TPSA) is 61.2 Å². The zero-order valence-electron chi connectivity index (χ0n) is 12.7. The first-order valence-corrected chi connectivity index (χ1v) is 8.98. The van der Waals surface area contributed by atoms with Crippen molar-refractivity contribution in [3.63, 3.8) is 0 Å². The van der Waals surface area contributed by atoms with Crippen LogP contribution in [-0.4, -0.2) is 23.5 Å². The van der Waals surface area contributed by atoms with Crippen LogP contribution in [0.5, 0.6) is 5.75 Å². The Balaban J connectivity index is 1.77. The highest BCUT2D eigenvalue weighted by Crippen LogP contribution is 2.43. The van der Waals surface area contributed by atoms with Crippen LogP contribution in [-0.2, 0) is 23.0 Å². The minimum atomic E-state index is -5.94. The molecular weight excluding hydrogens is 364 g/mol. The Morgan fingerprint density at radius 3 is 2.56 bits per heavy atom. The van der Waals surface area contributed by atoms with E-state index in [1.165, 1.54) is 6.33 Å². The van der Waals surface area contributed by atoms with E-state index in [9.17, 15) is 26.0 Å². The molecule has 1 saturated carbocycles. The second kappa shape index (κ2) is 5.20. The minimum Gasteiger partial charge on any atom is -0.373 e. The largest absolute Gasteiger partial charge is 0.534 e. The second-order valence-corrected chi connectivity index (χ2v) is 7.65. The van der Waals surface area contributed by atoms with Crippen LogP contribution < -0.4 is 4.18 Å². The number of aromatic nitrogens is 2. The molecule has 0 amide bonds. The molecule has 1 aromatic carbocycles. The van der Waals surface area contributed by atoms with Gasteiger partial charge in [-0.15, -0.1) is 0 Å². The van der Waals surface area contributed by atoms with Crippen molar-refractivity contribution in [1.29, 1.82) is 0 Å². The van der Waals surface area contributed by atoms with Gasteiger partial charge in [0, 0.05) is 17.7 Å². The number of benzene rings is 1. The highest BCUT2D eigenvalue weighted by Gasteiger charge is 2.49. The van der Waals surface area contributed by atoms with Gasteiger partial charge in [-0.2, -0.15) is 21.6 Å². The van der Waals surface area contributed by atoms with Crippen LogP contribution in [0.1, 0.15) is 35.7 Å². The molecule has 1 aliphatic carbocycles. The van der Waals surface area contributed by atoms with Gasteiger partial charge in [-0.3, -0.25) is 0 Å². The van der Waals surface area contributed by atoms with Crippen LogP contribution in [0, 0.1) is 5.82 Å². The lowest BCUT2D eigenvalue weighted by atomic mass is 9.99. The van der Waals surface area contributed by atoms with Gasteiger partial charge >= 0.3 is 15.6 Å². The Morgan fingerprint density at radius 2 is 1.92 bits per heavy atom. The molecule has 2 aliphatic rings. The van der Waals surface area contributed by atoms with E-state index in [1.54, 1.807) is 4.57 Å². The van der Waals surface area contributed by atoms with Crippen molar-refractivity contribution in [1.82, 2.24) is 9.55 Å². The molecule has 4 rings (SSSR count). The molecule has 1 aliphatic heterocycles. The molecule has 1 fully saturated rings. The molecule has 0 N–H and O–H groups in total. The molecule has 5 nitrogen and oxygen atoms in total. The fourth-order valence-corrected chi connectivity index (χ4v) is 3.49. The van der Waals surface area contributed by atoms with Crippen LogP contribution >= 0.6 is 0 Å². The average molecular weight is 376 g/mol. The summed E-state index contributed by atoms with van der Waals surface area (Å²) >= 11 is 0. The smallest absolute Gasteiger partial charge is 0.373 e. The summed E-state index contributed by atoms with van der Waals surface area (Å²) in [6.07, 6.45) is 4.74. The van der Waals surface area contributed by atoms with Crippen molar-refractivity contribution in [2.75, 3.05) is 0 Å². The molecule has 10 heteroatoms. The Hall–Kier alpha value is -2.10. The number of hydrogen-bond acceptors (Lipinski definition) is 4. The van der Waals surface area contributed by atoms with Crippen molar-refractivity contribution in [3.05, 3.63) is 41.2 Å². The third kappa shape index (κ3) is 2.68. The lowest BCUT2D eigenvalue weighted by Gasteiger charge is -2.21. The summed E-state index contributed by atoms with van der Waals surface area (Å²) in [6, 6.07) is 1.99. The van der Waals surface area contributed by atoms with Gasteiger partial charge in [0.05, 0.1) is 17.7 Å². The number of nitrogens with zero attached hydrogens (tertiary/aromatic N) is 2. The monoisotopic (exact) mass is 376 g/mol. The molecule has 2 heterocycles. The third-order valence-corrected chi connectivity index (χ3v) is 5.34. The van der Waals surface area contributed by atoms with Gasteiger partial charge < -0.3 is 8.75 Å².